The predicted molar refractivity (Wildman–Crippen MR) is 159 cm³/mol. The Labute approximate surface area is 252 Å². The fraction of sp³-hybridized carbons (Fsp3) is 0.258. The van der Waals surface area contributed by atoms with Crippen molar-refractivity contribution in [1.29, 1.82) is 0 Å². The van der Waals surface area contributed by atoms with Gasteiger partial charge in [0.15, 0.2) is 0 Å². The van der Waals surface area contributed by atoms with E-state index in [1.165, 1.54) is 11.9 Å². The summed E-state index contributed by atoms with van der Waals surface area (Å²) in [5.41, 5.74) is 3.87. The van der Waals surface area contributed by atoms with Gasteiger partial charge in [0, 0.05) is 46.8 Å². The van der Waals surface area contributed by atoms with Crippen molar-refractivity contribution in [3.63, 3.8) is 0 Å². The number of H-pyrrole nitrogens is 1. The van der Waals surface area contributed by atoms with Gasteiger partial charge in [0.05, 0.1) is 6.61 Å². The number of benzene rings is 3. The molecule has 2 aliphatic heterocycles. The van der Waals surface area contributed by atoms with Crippen molar-refractivity contribution in [2.45, 2.75) is 18.9 Å². The fourth-order valence-electron chi connectivity index (χ4n) is 5.49. The van der Waals surface area contributed by atoms with Gasteiger partial charge >= 0.3 is 12.1 Å². The predicted octanol–water partition coefficient (Wildman–Crippen LogP) is 6.28. The Hall–Kier alpha value is -4.21. The molecule has 0 bridgehead atoms. The number of carbonyl (C=O) groups excluding carboxylic acids is 3. The molecule has 0 radical (unpaired) electrons. The first-order chi connectivity index (χ1) is 20.3. The molecule has 6 rings (SSSR count). The second-order valence-corrected chi connectivity index (χ2v) is 11.2. The quantitative estimate of drug-likeness (QED) is 0.197. The highest BCUT2D eigenvalue weighted by atomic mass is 35.5. The van der Waals surface area contributed by atoms with E-state index in [2.05, 4.69) is 4.98 Å². The molecule has 3 heterocycles. The first-order valence-electron chi connectivity index (χ1n) is 13.6. The van der Waals surface area contributed by atoms with Gasteiger partial charge in [0.1, 0.15) is 24.1 Å². The lowest BCUT2D eigenvalue weighted by Gasteiger charge is -2.35. The van der Waals surface area contributed by atoms with Gasteiger partial charge < -0.3 is 19.4 Å². The van der Waals surface area contributed by atoms with Crippen LogP contribution < -0.4 is 9.47 Å². The maximum Gasteiger partial charge on any atom is 0.416 e. The lowest BCUT2D eigenvalue weighted by molar-refractivity contribution is -0.124. The molecular weight excluding hydrogens is 579 g/mol. The van der Waals surface area contributed by atoms with Gasteiger partial charge in [-0.2, -0.15) is 0 Å². The second kappa shape index (κ2) is 11.6. The topological polar surface area (TPSA) is 95.2 Å². The van der Waals surface area contributed by atoms with Gasteiger partial charge in [-0.15, -0.1) is 0 Å². The number of hydrogen-bond donors (Lipinski definition) is 1. The summed E-state index contributed by atoms with van der Waals surface area (Å²) in [7, 11) is 1.49. The van der Waals surface area contributed by atoms with E-state index in [1.54, 1.807) is 29.2 Å². The lowest BCUT2D eigenvalue weighted by Crippen LogP contribution is -2.42. The summed E-state index contributed by atoms with van der Waals surface area (Å²) in [6, 6.07) is 19.3. The monoisotopic (exact) mass is 606 g/mol. The first kappa shape index (κ1) is 27.9. The minimum absolute atomic E-state index is 0.102. The Morgan fingerprint density at radius 2 is 1.69 bits per heavy atom. The molecule has 1 saturated heterocycles. The van der Waals surface area contributed by atoms with E-state index in [0.717, 1.165) is 32.6 Å². The zero-order chi connectivity index (χ0) is 29.4. The molecule has 1 N–H and O–H groups in total. The number of nitrogens with zero attached hydrogens (tertiary/aromatic N) is 3. The number of rotatable bonds is 7. The van der Waals surface area contributed by atoms with E-state index in [-0.39, 0.29) is 18.5 Å². The average Bonchev–Trinajstić information content (AvgIpc) is 3.47. The number of fused-ring (bicyclic) bond motifs is 3. The van der Waals surface area contributed by atoms with Crippen LogP contribution in [0.5, 0.6) is 11.5 Å². The number of aromatic nitrogens is 1. The van der Waals surface area contributed by atoms with Crippen LogP contribution in [0.15, 0.2) is 66.7 Å². The summed E-state index contributed by atoms with van der Waals surface area (Å²) in [4.78, 5) is 45.1. The maximum atomic E-state index is 13.5. The van der Waals surface area contributed by atoms with Crippen LogP contribution >= 0.6 is 23.2 Å². The summed E-state index contributed by atoms with van der Waals surface area (Å²) >= 11 is 12.3. The van der Waals surface area contributed by atoms with Crippen molar-refractivity contribution >= 4 is 52.1 Å². The molecule has 0 saturated carbocycles. The van der Waals surface area contributed by atoms with E-state index < -0.39 is 12.1 Å². The van der Waals surface area contributed by atoms with Crippen molar-refractivity contribution in [2.75, 3.05) is 33.3 Å². The number of carbonyl (C=O) groups is 3. The van der Waals surface area contributed by atoms with Gasteiger partial charge in [-0.3, -0.25) is 14.6 Å². The number of amides is 4. The lowest BCUT2D eigenvalue weighted by atomic mass is 9.92. The zero-order valence-corrected chi connectivity index (χ0v) is 24.3. The summed E-state index contributed by atoms with van der Waals surface area (Å²) in [6.07, 6.45) is 0.762. The Bertz CT molecular complexity index is 1650. The molecule has 1 aromatic heterocycles. The highest BCUT2D eigenvalue weighted by molar-refractivity contribution is 6.31. The van der Waals surface area contributed by atoms with E-state index in [9.17, 15) is 14.4 Å². The molecule has 42 heavy (non-hydrogen) atoms. The number of nitrogens with one attached hydrogen (secondary N) is 1. The standard InChI is InChI=1S/C31H28Cl2N4O5/c1-35-27(38)18-36(30(35)39)14-2-16-41-22-8-3-19(4-9-22)29-28-24(25-17-21(33)7-12-26(25)34-28)13-15-37(29)31(40)42-23-10-5-20(32)6-11-23/h3-12,17,29,34H,2,13-16,18H2,1H3. The van der Waals surface area contributed by atoms with Crippen LogP contribution in [-0.4, -0.2) is 71.0 Å². The summed E-state index contributed by atoms with van der Waals surface area (Å²) in [5.74, 6) is 0.869. The van der Waals surface area contributed by atoms with Crippen LogP contribution in [0.2, 0.25) is 10.0 Å². The molecule has 0 aliphatic carbocycles. The Morgan fingerprint density at radius 3 is 2.40 bits per heavy atom. The number of imide groups is 1. The highest BCUT2D eigenvalue weighted by Gasteiger charge is 2.36. The third kappa shape index (κ3) is 5.49. The van der Waals surface area contributed by atoms with E-state index in [4.69, 9.17) is 32.7 Å². The average molecular weight is 607 g/mol. The van der Waals surface area contributed by atoms with Gasteiger partial charge in [0.2, 0.25) is 5.91 Å². The van der Waals surface area contributed by atoms with Crippen LogP contribution in [-0.2, 0) is 11.2 Å². The Balaban J connectivity index is 1.21. The minimum atomic E-state index is -0.467. The molecule has 1 atom stereocenters. The largest absolute Gasteiger partial charge is 0.494 e. The number of hydrogen-bond acceptors (Lipinski definition) is 5. The van der Waals surface area contributed by atoms with Crippen LogP contribution in [0.3, 0.4) is 0 Å². The minimum Gasteiger partial charge on any atom is -0.494 e. The van der Waals surface area contributed by atoms with Crippen LogP contribution in [0.25, 0.3) is 10.9 Å². The van der Waals surface area contributed by atoms with Crippen LogP contribution in [0, 0.1) is 0 Å². The van der Waals surface area contributed by atoms with Crippen LogP contribution in [0.4, 0.5) is 9.59 Å². The van der Waals surface area contributed by atoms with Gasteiger partial charge in [-0.25, -0.2) is 9.59 Å². The van der Waals surface area contributed by atoms with Gasteiger partial charge in [-0.05, 0) is 78.6 Å². The van der Waals surface area contributed by atoms with E-state index >= 15 is 0 Å². The van der Waals surface area contributed by atoms with E-state index in [0.29, 0.717) is 54.1 Å². The second-order valence-electron chi connectivity index (χ2n) is 10.3. The van der Waals surface area contributed by atoms with Crippen molar-refractivity contribution in [3.8, 4) is 11.5 Å². The van der Waals surface area contributed by atoms with Crippen molar-refractivity contribution in [3.05, 3.63) is 93.6 Å². The molecule has 9 nitrogen and oxygen atoms in total. The molecule has 1 unspecified atom stereocenters. The molecule has 2 aliphatic rings. The smallest absolute Gasteiger partial charge is 0.416 e. The highest BCUT2D eigenvalue weighted by Crippen LogP contribution is 2.40. The van der Waals surface area contributed by atoms with Gasteiger partial charge in [-0.1, -0.05) is 35.3 Å². The summed E-state index contributed by atoms with van der Waals surface area (Å²) in [5, 5.41) is 2.25. The van der Waals surface area contributed by atoms with Gasteiger partial charge in [0.25, 0.3) is 0 Å². The van der Waals surface area contributed by atoms with E-state index in [1.807, 2.05) is 42.5 Å². The molecule has 0 spiro atoms. The number of halogens is 2. The van der Waals surface area contributed by atoms with Crippen molar-refractivity contribution in [2.24, 2.45) is 0 Å². The molecule has 216 valence electrons. The molecule has 11 heteroatoms. The summed E-state index contributed by atoms with van der Waals surface area (Å²) < 4.78 is 11.7. The number of aromatic amines is 1. The third-order valence-corrected chi connectivity index (χ3v) is 8.12. The van der Waals surface area contributed by atoms with Crippen molar-refractivity contribution < 1.29 is 23.9 Å². The number of urea groups is 1. The maximum absolute atomic E-state index is 13.5. The SMILES string of the molecule is CN1C(=O)CN(CCCOc2ccc(C3c4[nH]c5ccc(Cl)cc5c4CCN3C(=O)Oc3ccc(Cl)cc3)cc2)C1=O. The molecular formula is C31H28Cl2N4O5. The first-order valence-corrected chi connectivity index (χ1v) is 14.4. The molecule has 1 fully saturated rings. The third-order valence-electron chi connectivity index (χ3n) is 7.64. The normalized spacial score (nSPS) is 16.7. The fourth-order valence-corrected chi connectivity index (χ4v) is 5.79. The summed E-state index contributed by atoms with van der Waals surface area (Å²) in [6.45, 7) is 1.38. The Morgan fingerprint density at radius 1 is 0.976 bits per heavy atom. The molecule has 4 amide bonds. The van der Waals surface area contributed by atoms with Crippen molar-refractivity contribution in [1.82, 2.24) is 19.7 Å². The Kier molecular flexibility index (Phi) is 7.70. The number of likely N-dealkylation sites (N-methyl/N-ethyl adjacent to an activating group) is 1. The molecule has 4 aromatic rings. The van der Waals surface area contributed by atoms with Crippen LogP contribution in [0.1, 0.15) is 29.3 Å². The molecule has 3 aromatic carbocycles. The zero-order valence-electron chi connectivity index (χ0n) is 22.8. The number of ether oxygens (including phenoxy) is 2.